The molecule has 0 heterocycles. The van der Waals surface area contributed by atoms with Crippen LogP contribution in [0.4, 0.5) is 0 Å². The van der Waals surface area contributed by atoms with Gasteiger partial charge >= 0.3 is 0 Å². The van der Waals surface area contributed by atoms with Gasteiger partial charge in [-0.05, 0) is 56.8 Å². The Hall–Kier alpha value is -0.520. The number of allylic oxidation sites excluding steroid dienone is 4. The highest BCUT2D eigenvalue weighted by molar-refractivity contribution is 5.09. The van der Waals surface area contributed by atoms with E-state index in [1.54, 1.807) is 0 Å². The van der Waals surface area contributed by atoms with Gasteiger partial charge < -0.3 is 0 Å². The molecule has 3 unspecified atom stereocenters. The fourth-order valence-corrected chi connectivity index (χ4v) is 3.06. The van der Waals surface area contributed by atoms with Crippen molar-refractivity contribution in [3.05, 3.63) is 24.3 Å². The monoisotopic (exact) mass is 190 g/mol. The van der Waals surface area contributed by atoms with Gasteiger partial charge in [0.05, 0.1) is 0 Å². The minimum atomic E-state index is 0.959. The van der Waals surface area contributed by atoms with E-state index in [1.165, 1.54) is 38.5 Å². The second-order valence-corrected chi connectivity index (χ2v) is 4.89. The zero-order chi connectivity index (χ0) is 9.80. The SMILES string of the molecule is CC=CCCCCC1CC2C=CC1C2. The van der Waals surface area contributed by atoms with Crippen molar-refractivity contribution in [1.82, 2.24) is 0 Å². The number of unbranched alkanes of at least 4 members (excludes halogenated alkanes) is 2. The lowest BCUT2D eigenvalue weighted by molar-refractivity contribution is 0.399. The normalized spacial score (nSPS) is 34.8. The molecule has 0 radical (unpaired) electrons. The van der Waals surface area contributed by atoms with Gasteiger partial charge in [-0.15, -0.1) is 0 Å². The average molecular weight is 190 g/mol. The molecule has 2 rings (SSSR count). The van der Waals surface area contributed by atoms with Gasteiger partial charge in [0.25, 0.3) is 0 Å². The second kappa shape index (κ2) is 4.82. The van der Waals surface area contributed by atoms with Crippen LogP contribution in [0.1, 0.15) is 45.4 Å². The number of fused-ring (bicyclic) bond motifs is 2. The number of hydrogen-bond donors (Lipinski definition) is 0. The van der Waals surface area contributed by atoms with Crippen LogP contribution in [0.5, 0.6) is 0 Å². The van der Waals surface area contributed by atoms with E-state index in [1.807, 2.05) is 0 Å². The van der Waals surface area contributed by atoms with Gasteiger partial charge in [-0.3, -0.25) is 0 Å². The third-order valence-corrected chi connectivity index (χ3v) is 3.85. The summed E-state index contributed by atoms with van der Waals surface area (Å²) in [6.45, 7) is 2.11. The van der Waals surface area contributed by atoms with E-state index in [-0.39, 0.29) is 0 Å². The quantitative estimate of drug-likeness (QED) is 0.447. The van der Waals surface area contributed by atoms with Crippen molar-refractivity contribution in [2.24, 2.45) is 17.8 Å². The molecule has 0 nitrogen and oxygen atoms in total. The summed E-state index contributed by atoms with van der Waals surface area (Å²) in [6, 6.07) is 0. The predicted octanol–water partition coefficient (Wildman–Crippen LogP) is 4.34. The maximum absolute atomic E-state index is 2.48. The summed E-state index contributed by atoms with van der Waals surface area (Å²) in [6.07, 6.45) is 17.9. The third-order valence-electron chi connectivity index (χ3n) is 3.85. The van der Waals surface area contributed by atoms with Gasteiger partial charge in [0.2, 0.25) is 0 Å². The Bertz CT molecular complexity index is 224. The van der Waals surface area contributed by atoms with Crippen LogP contribution in [0.3, 0.4) is 0 Å². The molecule has 0 aromatic heterocycles. The third kappa shape index (κ3) is 2.29. The van der Waals surface area contributed by atoms with Gasteiger partial charge in [0, 0.05) is 0 Å². The highest BCUT2D eigenvalue weighted by Crippen LogP contribution is 2.45. The summed E-state index contributed by atoms with van der Waals surface area (Å²) in [5.74, 6) is 2.96. The molecule has 2 bridgehead atoms. The van der Waals surface area contributed by atoms with Crippen LogP contribution < -0.4 is 0 Å². The topological polar surface area (TPSA) is 0 Å². The van der Waals surface area contributed by atoms with E-state index in [0.717, 1.165) is 17.8 Å². The van der Waals surface area contributed by atoms with Crippen LogP contribution in [0.2, 0.25) is 0 Å². The molecular weight excluding hydrogens is 168 g/mol. The van der Waals surface area contributed by atoms with Crippen molar-refractivity contribution < 1.29 is 0 Å². The molecule has 3 atom stereocenters. The fourth-order valence-electron chi connectivity index (χ4n) is 3.06. The first kappa shape index (κ1) is 10.0. The summed E-state index contributed by atoms with van der Waals surface area (Å²) < 4.78 is 0. The van der Waals surface area contributed by atoms with E-state index in [9.17, 15) is 0 Å². The summed E-state index contributed by atoms with van der Waals surface area (Å²) in [5, 5.41) is 0. The maximum atomic E-state index is 2.48. The lowest BCUT2D eigenvalue weighted by Crippen LogP contribution is -2.06. The van der Waals surface area contributed by atoms with Gasteiger partial charge in [-0.1, -0.05) is 30.7 Å². The maximum Gasteiger partial charge on any atom is -0.0199 e. The highest BCUT2D eigenvalue weighted by Gasteiger charge is 2.34. The van der Waals surface area contributed by atoms with E-state index in [2.05, 4.69) is 31.2 Å². The first-order valence-corrected chi connectivity index (χ1v) is 6.19. The number of rotatable bonds is 5. The van der Waals surface area contributed by atoms with E-state index in [4.69, 9.17) is 0 Å². The van der Waals surface area contributed by atoms with Crippen molar-refractivity contribution in [3.63, 3.8) is 0 Å². The van der Waals surface area contributed by atoms with Gasteiger partial charge in [-0.25, -0.2) is 0 Å². The molecule has 0 heteroatoms. The smallest absolute Gasteiger partial charge is 0.0199 e. The molecule has 0 spiro atoms. The lowest BCUT2D eigenvalue weighted by atomic mass is 9.89. The van der Waals surface area contributed by atoms with Crippen LogP contribution in [0, 0.1) is 17.8 Å². The summed E-state index contributed by atoms with van der Waals surface area (Å²) in [4.78, 5) is 0. The van der Waals surface area contributed by atoms with Gasteiger partial charge in [0.15, 0.2) is 0 Å². The van der Waals surface area contributed by atoms with Crippen molar-refractivity contribution in [3.8, 4) is 0 Å². The minimum Gasteiger partial charge on any atom is -0.0917 e. The lowest BCUT2D eigenvalue weighted by Gasteiger charge is -2.17. The van der Waals surface area contributed by atoms with Crippen LogP contribution in [-0.2, 0) is 0 Å². The predicted molar refractivity (Wildman–Crippen MR) is 62.1 cm³/mol. The second-order valence-electron chi connectivity index (χ2n) is 4.89. The Kier molecular flexibility index (Phi) is 3.44. The molecule has 0 saturated heterocycles. The first-order chi connectivity index (χ1) is 6.90. The van der Waals surface area contributed by atoms with Crippen molar-refractivity contribution in [2.45, 2.75) is 45.4 Å². The molecule has 1 fully saturated rings. The van der Waals surface area contributed by atoms with E-state index >= 15 is 0 Å². The molecule has 0 N–H and O–H groups in total. The molecule has 0 aromatic carbocycles. The van der Waals surface area contributed by atoms with E-state index in [0.29, 0.717) is 0 Å². The summed E-state index contributed by atoms with van der Waals surface area (Å²) in [7, 11) is 0. The molecule has 0 amide bonds. The average Bonchev–Trinajstić information content (AvgIpc) is 2.79. The Morgan fingerprint density at radius 2 is 2.14 bits per heavy atom. The Balaban J connectivity index is 1.60. The Morgan fingerprint density at radius 3 is 2.79 bits per heavy atom. The van der Waals surface area contributed by atoms with Gasteiger partial charge in [-0.2, -0.15) is 0 Å². The zero-order valence-electron chi connectivity index (χ0n) is 9.28. The molecule has 14 heavy (non-hydrogen) atoms. The van der Waals surface area contributed by atoms with Crippen LogP contribution in [-0.4, -0.2) is 0 Å². The van der Waals surface area contributed by atoms with Gasteiger partial charge in [0.1, 0.15) is 0 Å². The molecular formula is C14H22. The minimum absolute atomic E-state index is 0.959. The zero-order valence-corrected chi connectivity index (χ0v) is 9.28. The largest absolute Gasteiger partial charge is 0.0917 e. The molecule has 2 aliphatic carbocycles. The Morgan fingerprint density at radius 1 is 1.21 bits per heavy atom. The fraction of sp³-hybridized carbons (Fsp3) is 0.714. The van der Waals surface area contributed by atoms with Crippen molar-refractivity contribution in [1.29, 1.82) is 0 Å². The van der Waals surface area contributed by atoms with Crippen LogP contribution in [0.15, 0.2) is 24.3 Å². The molecule has 0 aromatic rings. The number of hydrogen-bond acceptors (Lipinski definition) is 0. The molecule has 0 aliphatic heterocycles. The summed E-state index contributed by atoms with van der Waals surface area (Å²) >= 11 is 0. The Labute approximate surface area is 88.1 Å². The molecule has 78 valence electrons. The van der Waals surface area contributed by atoms with Crippen LogP contribution >= 0.6 is 0 Å². The van der Waals surface area contributed by atoms with Crippen molar-refractivity contribution >= 4 is 0 Å². The van der Waals surface area contributed by atoms with E-state index < -0.39 is 0 Å². The highest BCUT2D eigenvalue weighted by atomic mass is 14.4. The molecule has 2 aliphatic rings. The summed E-state index contributed by atoms with van der Waals surface area (Å²) in [5.41, 5.74) is 0. The van der Waals surface area contributed by atoms with Crippen molar-refractivity contribution in [2.75, 3.05) is 0 Å². The van der Waals surface area contributed by atoms with Crippen LogP contribution in [0.25, 0.3) is 0 Å². The molecule has 1 saturated carbocycles. The standard InChI is InChI=1S/C14H22/c1-2-3-4-5-6-7-13-10-12-8-9-14(13)11-12/h2-3,8-9,12-14H,4-7,10-11H2,1H3. The first-order valence-electron chi connectivity index (χ1n) is 6.19.